The highest BCUT2D eigenvalue weighted by Gasteiger charge is 2.50. The highest BCUT2D eigenvalue weighted by molar-refractivity contribution is 5.79. The molecular formula is C20H28N2. The fourth-order valence-electron chi connectivity index (χ4n) is 3.93. The van der Waals surface area contributed by atoms with Crippen LogP contribution in [0, 0.1) is 18.8 Å². The minimum Gasteiger partial charge on any atom is -0.397 e. The van der Waals surface area contributed by atoms with Gasteiger partial charge in [-0.05, 0) is 80.7 Å². The largest absolute Gasteiger partial charge is 0.397 e. The molecule has 1 saturated carbocycles. The molecule has 0 spiro atoms. The van der Waals surface area contributed by atoms with Gasteiger partial charge in [-0.25, -0.2) is 0 Å². The Bertz CT molecular complexity index is 606. The summed E-state index contributed by atoms with van der Waals surface area (Å²) in [5.74, 6) is 1.79. The molecule has 2 fully saturated rings. The van der Waals surface area contributed by atoms with Crippen LogP contribution in [0.1, 0.15) is 44.2 Å². The molecule has 1 heterocycles. The number of hydrogen-bond donors (Lipinski definition) is 1. The summed E-state index contributed by atoms with van der Waals surface area (Å²) < 4.78 is 0. The highest BCUT2D eigenvalue weighted by Crippen LogP contribution is 2.52. The van der Waals surface area contributed by atoms with Crippen molar-refractivity contribution in [2.45, 2.75) is 46.1 Å². The van der Waals surface area contributed by atoms with E-state index in [1.165, 1.54) is 35.4 Å². The van der Waals surface area contributed by atoms with Gasteiger partial charge in [-0.3, -0.25) is 0 Å². The van der Waals surface area contributed by atoms with Gasteiger partial charge in [0.1, 0.15) is 0 Å². The van der Waals surface area contributed by atoms with E-state index in [0.717, 1.165) is 35.9 Å². The number of rotatable bonds is 5. The number of fused-ring (bicyclic) bond motifs is 1. The molecule has 0 radical (unpaired) electrons. The van der Waals surface area contributed by atoms with Gasteiger partial charge < -0.3 is 10.6 Å². The zero-order chi connectivity index (χ0) is 16.0. The summed E-state index contributed by atoms with van der Waals surface area (Å²) in [4.78, 5) is 2.52. The molecule has 3 unspecified atom stereocenters. The fourth-order valence-corrected chi connectivity index (χ4v) is 3.93. The predicted molar refractivity (Wildman–Crippen MR) is 97.1 cm³/mol. The summed E-state index contributed by atoms with van der Waals surface area (Å²) in [6.07, 6.45) is 3.36. The van der Waals surface area contributed by atoms with Crippen molar-refractivity contribution in [3.63, 3.8) is 0 Å². The third-order valence-electron chi connectivity index (χ3n) is 5.40. The topological polar surface area (TPSA) is 29.3 Å². The Morgan fingerprint density at radius 1 is 1.32 bits per heavy atom. The maximum atomic E-state index is 6.42. The molecule has 3 rings (SSSR count). The van der Waals surface area contributed by atoms with E-state index < -0.39 is 0 Å². The van der Waals surface area contributed by atoms with Crippen LogP contribution in [-0.2, 0) is 0 Å². The van der Waals surface area contributed by atoms with Crippen LogP contribution in [0.3, 0.4) is 0 Å². The van der Waals surface area contributed by atoms with Crippen LogP contribution in [0.2, 0.25) is 0 Å². The first-order valence-corrected chi connectivity index (χ1v) is 8.37. The molecule has 3 atom stereocenters. The average Bonchev–Trinajstić information content (AvgIpc) is 3.14. The number of nitrogen functional groups attached to an aromatic ring is 1. The van der Waals surface area contributed by atoms with Gasteiger partial charge in [-0.1, -0.05) is 12.2 Å². The molecule has 0 bridgehead atoms. The zero-order valence-electron chi connectivity index (χ0n) is 14.2. The molecule has 1 aliphatic heterocycles. The van der Waals surface area contributed by atoms with Gasteiger partial charge in [0.25, 0.3) is 0 Å². The van der Waals surface area contributed by atoms with Crippen molar-refractivity contribution < 1.29 is 0 Å². The standard InChI is InChI=1S/C20H28N2/c1-12(2)6-7-13(3)16-8-14(4)20(19(21)10-16)22-11-17-9-18(17)15(22)5/h8,10,15,17-18H,1,3,6-7,9,11,21H2,2,4-5H3. The Hall–Kier alpha value is -1.70. The molecular weight excluding hydrogens is 268 g/mol. The van der Waals surface area contributed by atoms with E-state index in [-0.39, 0.29) is 0 Å². The highest BCUT2D eigenvalue weighted by atomic mass is 15.2. The number of benzene rings is 1. The molecule has 22 heavy (non-hydrogen) atoms. The van der Waals surface area contributed by atoms with Crippen LogP contribution >= 0.6 is 0 Å². The Labute approximate surface area is 134 Å². The third kappa shape index (κ3) is 2.67. The summed E-state index contributed by atoms with van der Waals surface area (Å²) in [7, 11) is 0. The lowest BCUT2D eigenvalue weighted by Gasteiger charge is -2.30. The number of nitrogens with two attached hydrogens (primary N) is 1. The normalized spacial score (nSPS) is 26.0. The number of nitrogens with zero attached hydrogens (tertiary/aromatic N) is 1. The number of hydrogen-bond acceptors (Lipinski definition) is 2. The molecule has 1 aliphatic carbocycles. The molecule has 1 aromatic rings. The second-order valence-electron chi connectivity index (χ2n) is 7.34. The van der Waals surface area contributed by atoms with E-state index in [1.54, 1.807) is 0 Å². The maximum Gasteiger partial charge on any atom is 0.0632 e. The molecule has 118 valence electrons. The number of allylic oxidation sites excluding steroid dienone is 2. The number of piperidine rings is 1. The Morgan fingerprint density at radius 2 is 2.05 bits per heavy atom. The Morgan fingerprint density at radius 3 is 2.59 bits per heavy atom. The summed E-state index contributed by atoms with van der Waals surface area (Å²) >= 11 is 0. The van der Waals surface area contributed by atoms with Gasteiger partial charge in [0.05, 0.1) is 11.4 Å². The van der Waals surface area contributed by atoms with Crippen molar-refractivity contribution in [2.24, 2.45) is 11.8 Å². The van der Waals surface area contributed by atoms with Gasteiger partial charge in [0.15, 0.2) is 0 Å². The monoisotopic (exact) mass is 296 g/mol. The molecule has 2 heteroatoms. The number of aryl methyl sites for hydroxylation is 1. The van der Waals surface area contributed by atoms with E-state index in [1.807, 2.05) is 0 Å². The summed E-state index contributed by atoms with van der Waals surface area (Å²) in [6, 6.07) is 4.99. The van der Waals surface area contributed by atoms with Gasteiger partial charge >= 0.3 is 0 Å². The van der Waals surface area contributed by atoms with Crippen LogP contribution in [0.5, 0.6) is 0 Å². The first kappa shape index (κ1) is 15.2. The summed E-state index contributed by atoms with van der Waals surface area (Å²) in [6.45, 7) is 16.0. The van der Waals surface area contributed by atoms with Crippen molar-refractivity contribution in [2.75, 3.05) is 17.2 Å². The molecule has 1 aromatic carbocycles. The first-order chi connectivity index (χ1) is 10.4. The van der Waals surface area contributed by atoms with Crippen LogP contribution in [0.25, 0.3) is 5.57 Å². The average molecular weight is 296 g/mol. The van der Waals surface area contributed by atoms with Gasteiger partial charge in [0, 0.05) is 12.6 Å². The Balaban J connectivity index is 1.82. The van der Waals surface area contributed by atoms with Crippen LogP contribution in [-0.4, -0.2) is 12.6 Å². The van der Waals surface area contributed by atoms with E-state index in [9.17, 15) is 0 Å². The van der Waals surface area contributed by atoms with Gasteiger partial charge in [0.2, 0.25) is 0 Å². The van der Waals surface area contributed by atoms with Crippen molar-refractivity contribution >= 4 is 16.9 Å². The molecule has 2 nitrogen and oxygen atoms in total. The third-order valence-corrected chi connectivity index (χ3v) is 5.40. The SMILES string of the molecule is C=C(C)CCC(=C)c1cc(C)c(N2CC3CC3C2C)c(N)c1. The van der Waals surface area contributed by atoms with Crippen LogP contribution in [0.4, 0.5) is 11.4 Å². The van der Waals surface area contributed by atoms with Crippen LogP contribution < -0.4 is 10.6 Å². The predicted octanol–water partition coefficient (Wildman–Crippen LogP) is 4.79. The van der Waals surface area contributed by atoms with Crippen molar-refractivity contribution in [1.82, 2.24) is 0 Å². The van der Waals surface area contributed by atoms with Gasteiger partial charge in [-0.2, -0.15) is 0 Å². The lowest BCUT2D eigenvalue weighted by molar-refractivity contribution is 0.648. The van der Waals surface area contributed by atoms with Gasteiger partial charge in [-0.15, -0.1) is 6.58 Å². The molecule has 2 N–H and O–H groups in total. The second kappa shape index (κ2) is 5.49. The molecule has 0 aromatic heterocycles. The second-order valence-corrected chi connectivity index (χ2v) is 7.34. The minimum atomic E-state index is 0.628. The van der Waals surface area contributed by atoms with E-state index >= 15 is 0 Å². The molecule has 1 saturated heterocycles. The zero-order valence-corrected chi connectivity index (χ0v) is 14.2. The lowest BCUT2D eigenvalue weighted by Crippen LogP contribution is -2.31. The maximum absolute atomic E-state index is 6.42. The quantitative estimate of drug-likeness (QED) is 0.625. The van der Waals surface area contributed by atoms with Crippen molar-refractivity contribution in [1.29, 1.82) is 0 Å². The lowest BCUT2D eigenvalue weighted by atomic mass is 9.97. The smallest absolute Gasteiger partial charge is 0.0632 e. The van der Waals surface area contributed by atoms with Crippen molar-refractivity contribution in [3.05, 3.63) is 42.0 Å². The minimum absolute atomic E-state index is 0.628. The Kier molecular flexibility index (Phi) is 3.80. The van der Waals surface area contributed by atoms with Crippen molar-refractivity contribution in [3.8, 4) is 0 Å². The summed E-state index contributed by atoms with van der Waals surface area (Å²) in [5, 5.41) is 0. The van der Waals surface area contributed by atoms with Crippen LogP contribution in [0.15, 0.2) is 30.9 Å². The van der Waals surface area contributed by atoms with E-state index in [0.29, 0.717) is 6.04 Å². The summed E-state index contributed by atoms with van der Waals surface area (Å²) in [5.41, 5.74) is 13.4. The number of anilines is 2. The van der Waals surface area contributed by atoms with E-state index in [2.05, 4.69) is 51.0 Å². The first-order valence-electron chi connectivity index (χ1n) is 8.37. The molecule has 2 aliphatic rings. The molecule has 0 amide bonds. The fraction of sp³-hybridized carbons (Fsp3) is 0.500. The van der Waals surface area contributed by atoms with E-state index in [4.69, 9.17) is 5.73 Å².